The number of amides is 1. The minimum absolute atomic E-state index is 0. The van der Waals surface area contributed by atoms with E-state index in [-0.39, 0.29) is 29.6 Å². The van der Waals surface area contributed by atoms with Gasteiger partial charge in [-0.2, -0.15) is 8.42 Å². The zero-order valence-electron chi connectivity index (χ0n) is 6.97. The molecule has 0 aromatic carbocycles. The number of carbonyl (C=O) groups excluding carboxylic acids is 1. The fraction of sp³-hybridized carbons (Fsp3) is 0.800. The van der Waals surface area contributed by atoms with Gasteiger partial charge in [0.1, 0.15) is 0 Å². The third-order valence-corrected chi connectivity index (χ3v) is 0.961. The summed E-state index contributed by atoms with van der Waals surface area (Å²) in [5.41, 5.74) is 0. The summed E-state index contributed by atoms with van der Waals surface area (Å²) in [4.78, 5) is 11.6. The second kappa shape index (κ2) is 10.4. The molecule has 0 spiro atoms. The summed E-state index contributed by atoms with van der Waals surface area (Å²) < 4.78 is 31.6. The van der Waals surface area contributed by atoms with Crippen molar-refractivity contribution >= 4 is 46.4 Å². The van der Waals surface area contributed by atoms with Crippen molar-refractivity contribution in [1.29, 1.82) is 0 Å². The average Bonchev–Trinajstić information content (AvgIpc) is 1.88. The van der Waals surface area contributed by atoms with Crippen molar-refractivity contribution in [2.24, 2.45) is 0 Å². The Kier molecular flexibility index (Phi) is 15.2. The summed E-state index contributed by atoms with van der Waals surface area (Å²) in [6, 6.07) is 0. The number of carbonyl (C=O) groups is 1. The predicted octanol–water partition coefficient (Wildman–Crippen LogP) is -0.817. The Morgan fingerprint density at radius 3 is 1.46 bits per heavy atom. The van der Waals surface area contributed by atoms with Gasteiger partial charge in [-0.3, -0.25) is 13.9 Å². The van der Waals surface area contributed by atoms with Crippen LogP contribution in [0.25, 0.3) is 0 Å². The molecule has 2 N–H and O–H groups in total. The summed E-state index contributed by atoms with van der Waals surface area (Å²) in [5.74, 6) is 0. The monoisotopic (exact) mass is 223 g/mol. The van der Waals surface area contributed by atoms with Crippen molar-refractivity contribution < 1.29 is 22.3 Å². The van der Waals surface area contributed by atoms with Gasteiger partial charge >= 0.3 is 40.0 Å². The first-order valence-corrected chi connectivity index (χ1v) is 4.64. The van der Waals surface area contributed by atoms with E-state index in [9.17, 15) is 4.79 Å². The summed E-state index contributed by atoms with van der Waals surface area (Å²) in [5, 5.41) is 0. The van der Waals surface area contributed by atoms with Gasteiger partial charge in [-0.05, 0) is 13.8 Å². The standard InChI is InChI=1S/C5H11NO.Na.H2O4S.H/c1-3-6(4-2)5-7;;1-5(2,3)4;/h5H,3-4H2,1-2H3;;(H2,1,2,3,4);. The molecule has 0 unspecified atom stereocenters. The molecule has 1 amide bonds. The van der Waals surface area contributed by atoms with E-state index in [2.05, 4.69) is 0 Å². The van der Waals surface area contributed by atoms with Gasteiger partial charge < -0.3 is 4.90 Å². The van der Waals surface area contributed by atoms with Gasteiger partial charge in [-0.25, -0.2) is 0 Å². The molecular formula is C5H14NNaO5S. The number of rotatable bonds is 3. The van der Waals surface area contributed by atoms with Crippen molar-refractivity contribution in [1.82, 2.24) is 4.90 Å². The molecule has 6 nitrogen and oxygen atoms in total. The molecule has 0 atom stereocenters. The van der Waals surface area contributed by atoms with Crippen LogP contribution < -0.4 is 0 Å². The number of hydrogen-bond donors (Lipinski definition) is 2. The van der Waals surface area contributed by atoms with Crippen LogP contribution in [0.3, 0.4) is 0 Å². The molecule has 0 saturated heterocycles. The first-order chi connectivity index (χ1) is 5.35. The van der Waals surface area contributed by atoms with Gasteiger partial charge in [0.15, 0.2) is 0 Å². The predicted molar refractivity (Wildman–Crippen MR) is 50.3 cm³/mol. The first-order valence-electron chi connectivity index (χ1n) is 3.24. The molecule has 0 aliphatic carbocycles. The minimum atomic E-state index is -4.67. The van der Waals surface area contributed by atoms with Gasteiger partial charge in [0, 0.05) is 13.1 Å². The van der Waals surface area contributed by atoms with E-state index in [1.54, 1.807) is 4.90 Å². The third-order valence-electron chi connectivity index (χ3n) is 0.961. The van der Waals surface area contributed by atoms with E-state index < -0.39 is 10.4 Å². The molecule has 0 radical (unpaired) electrons. The number of hydrogen-bond acceptors (Lipinski definition) is 3. The van der Waals surface area contributed by atoms with E-state index in [1.807, 2.05) is 13.8 Å². The molecule has 13 heavy (non-hydrogen) atoms. The van der Waals surface area contributed by atoms with Crippen molar-refractivity contribution in [2.75, 3.05) is 13.1 Å². The molecule has 0 heterocycles. The number of nitrogens with zero attached hydrogens (tertiary/aromatic N) is 1. The van der Waals surface area contributed by atoms with Crippen LogP contribution in [0.1, 0.15) is 13.8 Å². The van der Waals surface area contributed by atoms with Gasteiger partial charge in [-0.1, -0.05) is 0 Å². The molecule has 76 valence electrons. The Morgan fingerprint density at radius 1 is 1.23 bits per heavy atom. The molecule has 8 heteroatoms. The fourth-order valence-corrected chi connectivity index (χ4v) is 0.373. The molecule has 0 aromatic rings. The van der Waals surface area contributed by atoms with E-state index in [1.165, 1.54) is 0 Å². The van der Waals surface area contributed by atoms with Crippen LogP contribution >= 0.6 is 0 Å². The summed E-state index contributed by atoms with van der Waals surface area (Å²) in [6.07, 6.45) is 0.861. The van der Waals surface area contributed by atoms with E-state index >= 15 is 0 Å². The Bertz CT molecular complexity index is 193. The van der Waals surface area contributed by atoms with Crippen LogP contribution in [-0.2, 0) is 15.2 Å². The molecule has 0 bridgehead atoms. The third kappa shape index (κ3) is 32.8. The normalized spacial score (nSPS) is 8.92. The van der Waals surface area contributed by atoms with Crippen molar-refractivity contribution in [3.05, 3.63) is 0 Å². The van der Waals surface area contributed by atoms with Crippen LogP contribution in [0.15, 0.2) is 0 Å². The second-order valence-electron chi connectivity index (χ2n) is 1.77. The first kappa shape index (κ1) is 19.0. The molecule has 0 saturated carbocycles. The summed E-state index contributed by atoms with van der Waals surface area (Å²) in [6.45, 7) is 5.55. The molecule has 0 aliphatic heterocycles. The van der Waals surface area contributed by atoms with Gasteiger partial charge in [0.2, 0.25) is 6.41 Å². The fourth-order valence-electron chi connectivity index (χ4n) is 0.373. The second-order valence-corrected chi connectivity index (χ2v) is 2.67. The topological polar surface area (TPSA) is 94.9 Å². The van der Waals surface area contributed by atoms with Gasteiger partial charge in [-0.15, -0.1) is 0 Å². The van der Waals surface area contributed by atoms with Crippen LogP contribution in [-0.4, -0.2) is 71.5 Å². The zero-order chi connectivity index (χ0) is 10.2. The SMILES string of the molecule is CCN(C=O)CC.O=S(=O)(O)O.[NaH]. The van der Waals surface area contributed by atoms with Crippen molar-refractivity contribution in [3.8, 4) is 0 Å². The molecule has 0 rings (SSSR count). The molecule has 0 aromatic heterocycles. The van der Waals surface area contributed by atoms with Gasteiger partial charge in [0.05, 0.1) is 0 Å². The maximum absolute atomic E-state index is 9.89. The Labute approximate surface area is 100 Å². The summed E-state index contributed by atoms with van der Waals surface area (Å²) in [7, 11) is -4.67. The molecule has 0 fully saturated rings. The van der Waals surface area contributed by atoms with Crippen LogP contribution in [0, 0.1) is 0 Å². The molecule has 0 aliphatic rings. The van der Waals surface area contributed by atoms with Gasteiger partial charge in [0.25, 0.3) is 0 Å². The Balaban J connectivity index is -0.000000150. The van der Waals surface area contributed by atoms with Crippen molar-refractivity contribution in [3.63, 3.8) is 0 Å². The average molecular weight is 223 g/mol. The summed E-state index contributed by atoms with van der Waals surface area (Å²) >= 11 is 0. The van der Waals surface area contributed by atoms with E-state index in [0.717, 1.165) is 19.5 Å². The quantitative estimate of drug-likeness (QED) is 0.370. The van der Waals surface area contributed by atoms with Crippen LogP contribution in [0.5, 0.6) is 0 Å². The van der Waals surface area contributed by atoms with Crippen LogP contribution in [0.4, 0.5) is 0 Å². The van der Waals surface area contributed by atoms with Crippen molar-refractivity contribution in [2.45, 2.75) is 13.8 Å². The van der Waals surface area contributed by atoms with Crippen LogP contribution in [0.2, 0.25) is 0 Å². The van der Waals surface area contributed by atoms with E-state index in [4.69, 9.17) is 17.5 Å². The Hall–Kier alpha value is 0.340. The molecular weight excluding hydrogens is 209 g/mol. The maximum atomic E-state index is 9.89. The van der Waals surface area contributed by atoms with E-state index in [0.29, 0.717) is 0 Å². The zero-order valence-corrected chi connectivity index (χ0v) is 7.78. The Morgan fingerprint density at radius 2 is 1.46 bits per heavy atom.